The van der Waals surface area contributed by atoms with E-state index < -0.39 is 18.7 Å². The summed E-state index contributed by atoms with van der Waals surface area (Å²) in [5.41, 5.74) is 1.40. The number of aromatic nitrogens is 4. The van der Waals surface area contributed by atoms with E-state index in [1.165, 1.54) is 24.4 Å². The molecule has 5 rings (SSSR count). The first-order valence-electron chi connectivity index (χ1n) is 11.9. The van der Waals surface area contributed by atoms with Gasteiger partial charge in [-0.15, -0.1) is 0 Å². The Balaban J connectivity index is 1.58. The highest BCUT2D eigenvalue weighted by atomic mass is 19.1. The lowest BCUT2D eigenvalue weighted by molar-refractivity contribution is -0.117. The van der Waals surface area contributed by atoms with Crippen LogP contribution in [0.4, 0.5) is 27.3 Å². The van der Waals surface area contributed by atoms with E-state index in [0.717, 1.165) is 12.8 Å². The molecule has 1 aliphatic carbocycles. The number of hydrogen-bond donors (Lipinski definition) is 3. The predicted molar refractivity (Wildman–Crippen MR) is 120 cm³/mol. The molecule has 170 valence electrons. The van der Waals surface area contributed by atoms with Crippen LogP contribution in [0.15, 0.2) is 24.4 Å². The molecule has 0 spiro atoms. The van der Waals surface area contributed by atoms with Crippen LogP contribution in [0, 0.1) is 18.7 Å². The largest absolute Gasteiger partial charge is 0.364 e. The molecular formula is C22H23FN8O2. The van der Waals surface area contributed by atoms with Crippen LogP contribution in [0.25, 0.3) is 5.69 Å². The van der Waals surface area contributed by atoms with Gasteiger partial charge in [0.05, 0.1) is 34.9 Å². The summed E-state index contributed by atoms with van der Waals surface area (Å²) in [6, 6.07) is 4.02. The fourth-order valence-corrected chi connectivity index (χ4v) is 3.88. The van der Waals surface area contributed by atoms with Crippen LogP contribution < -0.4 is 20.9 Å². The molecule has 11 heteroatoms. The highest BCUT2D eigenvalue weighted by molar-refractivity contribution is 6.02. The van der Waals surface area contributed by atoms with Crippen molar-refractivity contribution in [1.29, 1.82) is 0 Å². The quantitative estimate of drug-likeness (QED) is 0.543. The predicted octanol–water partition coefficient (Wildman–Crippen LogP) is 2.51. The van der Waals surface area contributed by atoms with E-state index in [-0.39, 0.29) is 28.9 Å². The minimum Gasteiger partial charge on any atom is -0.364 e. The third-order valence-electron chi connectivity index (χ3n) is 5.55. The molecule has 33 heavy (non-hydrogen) atoms. The molecule has 3 aromatic rings. The first kappa shape index (κ1) is 17.5. The van der Waals surface area contributed by atoms with Crippen LogP contribution in [-0.4, -0.2) is 45.6 Å². The Morgan fingerprint density at radius 1 is 1.24 bits per heavy atom. The zero-order valence-electron chi connectivity index (χ0n) is 20.9. The lowest BCUT2D eigenvalue weighted by atomic mass is 10.1. The SMILES string of the molecule is [2H]C([2H])([2H])NC(=O)c1cnc(NC(=O)C2CC2)cc1Nc1cc(F)cc2c1N(C)Cc1nc(C)nn1-2. The summed E-state index contributed by atoms with van der Waals surface area (Å²) in [6.07, 6.45) is 2.75. The van der Waals surface area contributed by atoms with Crippen LogP contribution in [-0.2, 0) is 11.3 Å². The Morgan fingerprint density at radius 2 is 2.06 bits per heavy atom. The molecule has 3 heterocycles. The number of rotatable bonds is 5. The van der Waals surface area contributed by atoms with Gasteiger partial charge in [0.25, 0.3) is 5.91 Å². The second kappa shape index (κ2) is 7.84. The van der Waals surface area contributed by atoms with Crippen molar-refractivity contribution in [3.05, 3.63) is 47.4 Å². The lowest BCUT2D eigenvalue weighted by Crippen LogP contribution is -2.27. The number of carbonyl (C=O) groups excluding carboxylic acids is 2. The molecule has 3 N–H and O–H groups in total. The van der Waals surface area contributed by atoms with E-state index in [0.29, 0.717) is 35.3 Å². The molecule has 1 aromatic carbocycles. The highest BCUT2D eigenvalue weighted by Gasteiger charge is 2.30. The zero-order valence-corrected chi connectivity index (χ0v) is 17.9. The number of benzene rings is 1. The van der Waals surface area contributed by atoms with Crippen LogP contribution in [0.3, 0.4) is 0 Å². The normalized spacial score (nSPS) is 16.1. The second-order valence-electron chi connectivity index (χ2n) is 8.12. The molecule has 1 saturated carbocycles. The Morgan fingerprint density at radius 3 is 2.82 bits per heavy atom. The number of carbonyl (C=O) groups is 2. The Labute approximate surface area is 193 Å². The molecular weight excluding hydrogens is 427 g/mol. The van der Waals surface area contributed by atoms with Crippen molar-refractivity contribution in [2.24, 2.45) is 5.92 Å². The summed E-state index contributed by atoms with van der Waals surface area (Å²) in [4.78, 5) is 35.4. The average Bonchev–Trinajstić information content (AvgIpc) is 3.54. The number of fused-ring (bicyclic) bond motifs is 3. The maximum absolute atomic E-state index is 14.8. The van der Waals surface area contributed by atoms with Crippen molar-refractivity contribution in [2.45, 2.75) is 26.3 Å². The zero-order chi connectivity index (χ0) is 25.8. The van der Waals surface area contributed by atoms with E-state index in [2.05, 4.69) is 25.7 Å². The van der Waals surface area contributed by atoms with Gasteiger partial charge >= 0.3 is 0 Å². The summed E-state index contributed by atoms with van der Waals surface area (Å²) in [5, 5.41) is 12.1. The first-order valence-corrected chi connectivity index (χ1v) is 10.4. The molecule has 1 aliphatic heterocycles. The number of amides is 2. The van der Waals surface area contributed by atoms with Crippen molar-refractivity contribution in [3.8, 4) is 5.69 Å². The highest BCUT2D eigenvalue weighted by Crippen LogP contribution is 2.39. The Kier molecular flexibility index (Phi) is 4.16. The number of halogens is 1. The smallest absolute Gasteiger partial charge is 0.254 e. The molecule has 0 radical (unpaired) electrons. The first-order chi connectivity index (χ1) is 17.0. The van der Waals surface area contributed by atoms with Gasteiger partial charge in [-0.2, -0.15) is 5.10 Å². The lowest BCUT2D eigenvalue weighted by Gasteiger charge is -2.30. The summed E-state index contributed by atoms with van der Waals surface area (Å²) in [6.45, 7) is -0.583. The van der Waals surface area contributed by atoms with Crippen molar-refractivity contribution in [3.63, 3.8) is 0 Å². The summed E-state index contributed by atoms with van der Waals surface area (Å²) >= 11 is 0. The van der Waals surface area contributed by atoms with Gasteiger partial charge in [0.2, 0.25) is 5.91 Å². The van der Waals surface area contributed by atoms with Gasteiger partial charge in [0.1, 0.15) is 17.5 Å². The summed E-state index contributed by atoms with van der Waals surface area (Å²) in [7, 11) is 1.81. The maximum atomic E-state index is 14.8. The molecule has 2 aromatic heterocycles. The van der Waals surface area contributed by atoms with Crippen molar-refractivity contribution in [1.82, 2.24) is 25.1 Å². The average molecular weight is 453 g/mol. The Hall–Kier alpha value is -4.02. The van der Waals surface area contributed by atoms with Gasteiger partial charge in [0, 0.05) is 42.4 Å². The third kappa shape index (κ3) is 3.86. The van der Waals surface area contributed by atoms with E-state index in [9.17, 15) is 14.0 Å². The topological polar surface area (TPSA) is 117 Å². The van der Waals surface area contributed by atoms with Crippen LogP contribution in [0.1, 0.15) is 39.0 Å². The molecule has 0 unspecified atom stereocenters. The monoisotopic (exact) mass is 453 g/mol. The van der Waals surface area contributed by atoms with E-state index in [4.69, 9.17) is 4.11 Å². The van der Waals surface area contributed by atoms with Crippen molar-refractivity contribution >= 4 is 34.7 Å². The maximum Gasteiger partial charge on any atom is 0.254 e. The number of pyridine rings is 1. The number of hydrogen-bond acceptors (Lipinski definition) is 7. The van der Waals surface area contributed by atoms with Gasteiger partial charge in [-0.1, -0.05) is 0 Å². The van der Waals surface area contributed by atoms with E-state index >= 15 is 0 Å². The summed E-state index contributed by atoms with van der Waals surface area (Å²) < 4.78 is 38.5. The minimum atomic E-state index is -2.73. The number of anilines is 4. The molecule has 10 nitrogen and oxygen atoms in total. The van der Waals surface area contributed by atoms with Gasteiger partial charge < -0.3 is 20.9 Å². The van der Waals surface area contributed by atoms with Crippen LogP contribution in [0.2, 0.25) is 0 Å². The molecule has 0 saturated heterocycles. The van der Waals surface area contributed by atoms with Gasteiger partial charge in [-0.05, 0) is 25.8 Å². The fraction of sp³-hybridized carbons (Fsp3) is 0.318. The minimum absolute atomic E-state index is 0.0778. The number of nitrogens with one attached hydrogen (secondary N) is 3. The van der Waals surface area contributed by atoms with Gasteiger partial charge in [-0.25, -0.2) is 19.0 Å². The molecule has 2 aliphatic rings. The number of nitrogens with zero attached hydrogens (tertiary/aromatic N) is 5. The molecule has 0 atom stereocenters. The number of aryl methyl sites for hydroxylation is 1. The van der Waals surface area contributed by atoms with E-state index in [1.807, 2.05) is 17.3 Å². The molecule has 1 fully saturated rings. The third-order valence-corrected chi connectivity index (χ3v) is 5.55. The molecule has 0 bridgehead atoms. The van der Waals surface area contributed by atoms with Gasteiger partial charge in [0.15, 0.2) is 5.82 Å². The van der Waals surface area contributed by atoms with E-state index in [1.54, 1.807) is 11.6 Å². The molecule has 2 amide bonds. The standard InChI is InChI=1S/C22H23FN8O2/c1-11-26-19-10-30(3)20-16(6-13(23)7-17(20)31(19)29-11)27-15-8-18(28-21(32)12-4-5-12)25-9-14(15)22(33)24-2/h6-9,12H,4-5,10H2,1-3H3,(H,24,33)(H2,25,27,28,32)/i2D3. The van der Waals surface area contributed by atoms with Crippen LogP contribution >= 0.6 is 0 Å². The fourth-order valence-electron chi connectivity index (χ4n) is 3.88. The van der Waals surface area contributed by atoms with Gasteiger partial charge in [-0.3, -0.25) is 9.59 Å². The second-order valence-corrected chi connectivity index (χ2v) is 8.12. The summed E-state index contributed by atoms with van der Waals surface area (Å²) in [5.74, 6) is -0.373. The van der Waals surface area contributed by atoms with Crippen molar-refractivity contribution in [2.75, 3.05) is 29.6 Å². The van der Waals surface area contributed by atoms with Crippen molar-refractivity contribution < 1.29 is 18.1 Å². The Bertz CT molecular complexity index is 1390. The van der Waals surface area contributed by atoms with Crippen LogP contribution in [0.5, 0.6) is 0 Å².